The van der Waals surface area contributed by atoms with Gasteiger partial charge in [0.05, 0.1) is 6.54 Å². The fraction of sp³-hybridized carbons (Fsp3) is 0.364. The second-order valence-electron chi connectivity index (χ2n) is 3.94. The van der Waals surface area contributed by atoms with Gasteiger partial charge < -0.3 is 4.74 Å². The zero-order valence-electron chi connectivity index (χ0n) is 9.87. The number of amides is 1. The van der Waals surface area contributed by atoms with E-state index in [0.717, 1.165) is 5.56 Å². The molecule has 18 heavy (non-hydrogen) atoms. The van der Waals surface area contributed by atoms with Gasteiger partial charge in [-0.05, 0) is 12.5 Å². The van der Waals surface area contributed by atoms with Gasteiger partial charge in [0.15, 0.2) is 0 Å². The van der Waals surface area contributed by atoms with E-state index in [9.17, 15) is 13.2 Å². The highest BCUT2D eigenvalue weighted by atomic mass is 32.2. The Kier molecular flexibility index (Phi) is 3.53. The molecule has 1 unspecified atom stereocenters. The Morgan fingerprint density at radius 2 is 2.00 bits per heavy atom. The molecule has 1 aliphatic rings. The molecule has 1 amide bonds. The molecule has 1 aliphatic heterocycles. The van der Waals surface area contributed by atoms with Crippen LogP contribution in [-0.4, -0.2) is 32.0 Å². The van der Waals surface area contributed by atoms with E-state index in [0.29, 0.717) is 4.31 Å². The Labute approximate surface area is 106 Å². The molecular formula is C11H14N2O4S. The Balaban J connectivity index is 2.11. The highest BCUT2D eigenvalue weighted by molar-refractivity contribution is 7.87. The van der Waals surface area contributed by atoms with Crippen LogP contribution in [0.2, 0.25) is 0 Å². The first-order valence-electron chi connectivity index (χ1n) is 5.52. The lowest BCUT2D eigenvalue weighted by atomic mass is 10.1. The summed E-state index contributed by atoms with van der Waals surface area (Å²) >= 11 is 0. The number of carbonyl (C=O) groups excluding carboxylic acids is 1. The predicted octanol–water partition coefficient (Wildman–Crippen LogP) is 1.03. The van der Waals surface area contributed by atoms with Crippen LogP contribution in [-0.2, 0) is 14.9 Å². The topological polar surface area (TPSA) is 75.7 Å². The van der Waals surface area contributed by atoms with E-state index < -0.39 is 22.3 Å². The maximum Gasteiger partial charge on any atom is 0.424 e. The average Bonchev–Trinajstić information content (AvgIpc) is 2.77. The first-order chi connectivity index (χ1) is 8.50. The Hall–Kier alpha value is -1.60. The largest absolute Gasteiger partial charge is 0.447 e. The number of hydrogen-bond acceptors (Lipinski definition) is 4. The van der Waals surface area contributed by atoms with Crippen molar-refractivity contribution in [1.82, 2.24) is 9.03 Å². The Morgan fingerprint density at radius 1 is 1.33 bits per heavy atom. The summed E-state index contributed by atoms with van der Waals surface area (Å²) in [4.78, 5) is 11.2. The van der Waals surface area contributed by atoms with Gasteiger partial charge in [-0.3, -0.25) is 0 Å². The van der Waals surface area contributed by atoms with Crippen LogP contribution in [0.5, 0.6) is 0 Å². The van der Waals surface area contributed by atoms with Crippen molar-refractivity contribution in [2.24, 2.45) is 0 Å². The van der Waals surface area contributed by atoms with E-state index in [1.807, 2.05) is 30.3 Å². The molecule has 1 heterocycles. The molecule has 1 aromatic carbocycles. The van der Waals surface area contributed by atoms with Gasteiger partial charge in [-0.25, -0.2) is 4.79 Å². The maximum atomic E-state index is 11.9. The molecule has 0 bridgehead atoms. The standard InChI is InChI=1S/C11H14N2O4S/c1-9(10-5-3-2-4-6-10)12-18(15,16)13-7-8-17-11(13)14/h2-6,9,12H,7-8H2,1H3. The highest BCUT2D eigenvalue weighted by Gasteiger charge is 2.34. The summed E-state index contributed by atoms with van der Waals surface area (Å²) in [5, 5.41) is 0. The molecule has 1 atom stereocenters. The third-order valence-corrected chi connectivity index (χ3v) is 4.20. The average molecular weight is 270 g/mol. The first kappa shape index (κ1) is 12.8. The lowest BCUT2D eigenvalue weighted by Crippen LogP contribution is -2.42. The molecule has 0 aromatic heterocycles. The van der Waals surface area contributed by atoms with Crippen molar-refractivity contribution in [1.29, 1.82) is 0 Å². The van der Waals surface area contributed by atoms with Gasteiger partial charge in [0.25, 0.3) is 0 Å². The number of nitrogens with zero attached hydrogens (tertiary/aromatic N) is 1. The van der Waals surface area contributed by atoms with Gasteiger partial charge in [0.2, 0.25) is 0 Å². The van der Waals surface area contributed by atoms with Crippen LogP contribution < -0.4 is 4.72 Å². The minimum Gasteiger partial charge on any atom is -0.447 e. The van der Waals surface area contributed by atoms with Crippen LogP contribution in [0.1, 0.15) is 18.5 Å². The van der Waals surface area contributed by atoms with Crippen LogP contribution in [0.25, 0.3) is 0 Å². The quantitative estimate of drug-likeness (QED) is 0.886. The second kappa shape index (κ2) is 4.95. The highest BCUT2D eigenvalue weighted by Crippen LogP contribution is 2.15. The van der Waals surface area contributed by atoms with Crippen molar-refractivity contribution in [3.8, 4) is 0 Å². The third kappa shape index (κ3) is 2.62. The monoisotopic (exact) mass is 270 g/mol. The summed E-state index contributed by atoms with van der Waals surface area (Å²) in [6.45, 7) is 1.86. The summed E-state index contributed by atoms with van der Waals surface area (Å²) < 4.78 is 31.6. The number of carbonyl (C=O) groups is 1. The molecular weight excluding hydrogens is 256 g/mol. The molecule has 6 nitrogen and oxygen atoms in total. The SMILES string of the molecule is CC(NS(=O)(=O)N1CCOC1=O)c1ccccc1. The summed E-state index contributed by atoms with van der Waals surface area (Å²) in [7, 11) is -3.85. The van der Waals surface area contributed by atoms with Gasteiger partial charge in [-0.1, -0.05) is 30.3 Å². The van der Waals surface area contributed by atoms with Crippen LogP contribution in [0, 0.1) is 0 Å². The van der Waals surface area contributed by atoms with Gasteiger partial charge in [0.1, 0.15) is 6.61 Å². The van der Waals surface area contributed by atoms with Gasteiger partial charge in [0, 0.05) is 6.04 Å². The summed E-state index contributed by atoms with van der Waals surface area (Å²) in [6, 6.07) is 8.71. The van der Waals surface area contributed by atoms with Gasteiger partial charge in [-0.2, -0.15) is 17.4 Å². The number of ether oxygens (including phenoxy) is 1. The van der Waals surface area contributed by atoms with Crippen LogP contribution in [0.3, 0.4) is 0 Å². The smallest absolute Gasteiger partial charge is 0.424 e. The van der Waals surface area contributed by atoms with E-state index in [4.69, 9.17) is 0 Å². The van der Waals surface area contributed by atoms with E-state index in [1.54, 1.807) is 6.92 Å². The number of hydrogen-bond donors (Lipinski definition) is 1. The second-order valence-corrected chi connectivity index (χ2v) is 5.57. The molecule has 7 heteroatoms. The van der Waals surface area contributed by atoms with Gasteiger partial charge >= 0.3 is 16.3 Å². The molecule has 1 N–H and O–H groups in total. The lowest BCUT2D eigenvalue weighted by molar-refractivity contribution is 0.169. The Bertz CT molecular complexity index is 529. The van der Waals surface area contributed by atoms with Crippen LogP contribution >= 0.6 is 0 Å². The molecule has 1 fully saturated rings. The van der Waals surface area contributed by atoms with Crippen molar-refractivity contribution in [2.75, 3.05) is 13.2 Å². The van der Waals surface area contributed by atoms with Gasteiger partial charge in [-0.15, -0.1) is 0 Å². The molecule has 0 saturated carbocycles. The van der Waals surface area contributed by atoms with Crippen LogP contribution in [0.15, 0.2) is 30.3 Å². The van der Waals surface area contributed by atoms with Crippen molar-refractivity contribution in [3.05, 3.63) is 35.9 Å². The predicted molar refractivity (Wildman–Crippen MR) is 65.0 cm³/mol. The van der Waals surface area contributed by atoms with Crippen molar-refractivity contribution in [2.45, 2.75) is 13.0 Å². The maximum absolute atomic E-state index is 11.9. The molecule has 1 aromatic rings. The molecule has 0 spiro atoms. The molecule has 0 aliphatic carbocycles. The Morgan fingerprint density at radius 3 is 2.56 bits per heavy atom. The van der Waals surface area contributed by atoms with Crippen molar-refractivity contribution >= 4 is 16.3 Å². The van der Waals surface area contributed by atoms with E-state index in [1.165, 1.54) is 0 Å². The summed E-state index contributed by atoms with van der Waals surface area (Å²) in [5.41, 5.74) is 0.827. The minimum atomic E-state index is -3.85. The molecule has 0 radical (unpaired) electrons. The number of nitrogens with one attached hydrogen (secondary N) is 1. The van der Waals surface area contributed by atoms with E-state index in [-0.39, 0.29) is 13.2 Å². The van der Waals surface area contributed by atoms with Crippen molar-refractivity contribution < 1.29 is 17.9 Å². The number of benzene rings is 1. The normalized spacial score (nSPS) is 17.6. The zero-order valence-corrected chi connectivity index (χ0v) is 10.7. The summed E-state index contributed by atoms with van der Waals surface area (Å²) in [6.07, 6.45) is -0.831. The fourth-order valence-electron chi connectivity index (χ4n) is 1.69. The van der Waals surface area contributed by atoms with Crippen LogP contribution in [0.4, 0.5) is 4.79 Å². The number of cyclic esters (lactones) is 1. The lowest BCUT2D eigenvalue weighted by Gasteiger charge is -2.18. The minimum absolute atomic E-state index is 0.0513. The number of rotatable bonds is 4. The summed E-state index contributed by atoms with van der Waals surface area (Å²) in [5.74, 6) is 0. The molecule has 98 valence electrons. The molecule has 1 saturated heterocycles. The molecule has 2 rings (SSSR count). The third-order valence-electron chi connectivity index (χ3n) is 2.64. The van der Waals surface area contributed by atoms with E-state index >= 15 is 0 Å². The fourth-order valence-corrected chi connectivity index (χ4v) is 2.97. The first-order valence-corrected chi connectivity index (χ1v) is 6.96. The van der Waals surface area contributed by atoms with Crippen molar-refractivity contribution in [3.63, 3.8) is 0 Å². The zero-order chi connectivity index (χ0) is 13.2. The van der Waals surface area contributed by atoms with E-state index in [2.05, 4.69) is 9.46 Å².